The Morgan fingerprint density at radius 2 is 1.58 bits per heavy atom. The summed E-state index contributed by atoms with van der Waals surface area (Å²) in [4.78, 5) is 11.6. The minimum atomic E-state index is -0.496. The standard InChI is InChI=1S/C19H24N2O3/c1-19(2,3)24-18(22)21-12-14-6-10-17(11-7-14)23-13-15-4-8-16(20)9-5-15/h4-11H,12-13,20H2,1-3H3,(H,21,22). The van der Waals surface area contributed by atoms with E-state index in [4.69, 9.17) is 15.2 Å². The van der Waals surface area contributed by atoms with Crippen molar-refractivity contribution < 1.29 is 14.3 Å². The van der Waals surface area contributed by atoms with Crippen LogP contribution in [0.2, 0.25) is 0 Å². The fraction of sp³-hybridized carbons (Fsp3) is 0.316. The van der Waals surface area contributed by atoms with E-state index in [-0.39, 0.29) is 0 Å². The Bertz CT molecular complexity index is 659. The molecule has 0 aliphatic heterocycles. The molecular weight excluding hydrogens is 304 g/mol. The van der Waals surface area contributed by atoms with E-state index >= 15 is 0 Å². The molecule has 0 bridgehead atoms. The molecule has 0 aliphatic rings. The first-order chi connectivity index (χ1) is 11.3. The normalized spacial score (nSPS) is 11.0. The first kappa shape index (κ1) is 17.7. The van der Waals surface area contributed by atoms with Gasteiger partial charge in [0.05, 0.1) is 0 Å². The zero-order valence-corrected chi connectivity index (χ0v) is 14.3. The first-order valence-electron chi connectivity index (χ1n) is 7.85. The van der Waals surface area contributed by atoms with Crippen molar-refractivity contribution in [1.82, 2.24) is 5.32 Å². The lowest BCUT2D eigenvalue weighted by Crippen LogP contribution is -2.32. The molecule has 2 rings (SSSR count). The molecule has 128 valence electrons. The van der Waals surface area contributed by atoms with Crippen LogP contribution in [-0.4, -0.2) is 11.7 Å². The van der Waals surface area contributed by atoms with Crippen LogP contribution in [0.1, 0.15) is 31.9 Å². The van der Waals surface area contributed by atoms with E-state index in [1.807, 2.05) is 69.3 Å². The number of hydrogen-bond donors (Lipinski definition) is 2. The van der Waals surface area contributed by atoms with E-state index in [0.717, 1.165) is 22.6 Å². The minimum absolute atomic E-state index is 0.410. The van der Waals surface area contributed by atoms with Gasteiger partial charge in [0.25, 0.3) is 0 Å². The van der Waals surface area contributed by atoms with Gasteiger partial charge in [-0.2, -0.15) is 0 Å². The predicted octanol–water partition coefficient (Wildman–Crippen LogP) is 3.87. The fourth-order valence-electron chi connectivity index (χ4n) is 1.97. The maximum Gasteiger partial charge on any atom is 0.407 e. The SMILES string of the molecule is CC(C)(C)OC(=O)NCc1ccc(OCc2ccc(N)cc2)cc1. The van der Waals surface area contributed by atoms with Crippen molar-refractivity contribution in [1.29, 1.82) is 0 Å². The van der Waals surface area contributed by atoms with Crippen LogP contribution in [-0.2, 0) is 17.9 Å². The van der Waals surface area contributed by atoms with E-state index in [0.29, 0.717) is 13.2 Å². The van der Waals surface area contributed by atoms with Crippen LogP contribution in [0.25, 0.3) is 0 Å². The number of nitrogens with two attached hydrogens (primary N) is 1. The van der Waals surface area contributed by atoms with Crippen LogP contribution >= 0.6 is 0 Å². The van der Waals surface area contributed by atoms with Gasteiger partial charge in [-0.05, 0) is 56.2 Å². The average molecular weight is 328 g/mol. The van der Waals surface area contributed by atoms with Crippen molar-refractivity contribution in [2.75, 3.05) is 5.73 Å². The molecule has 0 aliphatic carbocycles. The van der Waals surface area contributed by atoms with E-state index in [2.05, 4.69) is 5.32 Å². The number of anilines is 1. The molecule has 0 spiro atoms. The highest BCUT2D eigenvalue weighted by Crippen LogP contribution is 2.15. The van der Waals surface area contributed by atoms with Crippen LogP contribution in [0.5, 0.6) is 5.75 Å². The number of hydrogen-bond acceptors (Lipinski definition) is 4. The van der Waals surface area contributed by atoms with Crippen molar-refractivity contribution in [3.8, 4) is 5.75 Å². The van der Waals surface area contributed by atoms with Gasteiger partial charge in [0.15, 0.2) is 0 Å². The Morgan fingerprint density at radius 1 is 1.00 bits per heavy atom. The molecule has 0 heterocycles. The van der Waals surface area contributed by atoms with E-state index in [1.54, 1.807) is 0 Å². The van der Waals surface area contributed by atoms with Gasteiger partial charge in [-0.15, -0.1) is 0 Å². The molecule has 5 heteroatoms. The molecule has 0 saturated carbocycles. The summed E-state index contributed by atoms with van der Waals surface area (Å²) >= 11 is 0. The maximum atomic E-state index is 11.6. The molecule has 0 radical (unpaired) electrons. The number of nitrogen functional groups attached to an aromatic ring is 1. The van der Waals surface area contributed by atoms with Crippen LogP contribution in [0.15, 0.2) is 48.5 Å². The smallest absolute Gasteiger partial charge is 0.407 e. The third kappa shape index (κ3) is 6.20. The predicted molar refractivity (Wildman–Crippen MR) is 94.7 cm³/mol. The fourth-order valence-corrected chi connectivity index (χ4v) is 1.97. The Kier molecular flexibility index (Phi) is 5.68. The topological polar surface area (TPSA) is 73.6 Å². The summed E-state index contributed by atoms with van der Waals surface area (Å²) < 4.78 is 10.9. The number of rotatable bonds is 5. The lowest BCUT2D eigenvalue weighted by molar-refractivity contribution is 0.0523. The molecule has 0 atom stereocenters. The van der Waals surface area contributed by atoms with Gasteiger partial charge in [-0.3, -0.25) is 0 Å². The first-order valence-corrected chi connectivity index (χ1v) is 7.85. The summed E-state index contributed by atoms with van der Waals surface area (Å²) in [5.41, 5.74) is 7.92. The second kappa shape index (κ2) is 7.73. The molecule has 2 aromatic rings. The minimum Gasteiger partial charge on any atom is -0.489 e. The summed E-state index contributed by atoms with van der Waals surface area (Å²) in [6, 6.07) is 15.2. The van der Waals surface area contributed by atoms with Crippen LogP contribution in [0, 0.1) is 0 Å². The van der Waals surface area contributed by atoms with Crippen molar-refractivity contribution in [3.63, 3.8) is 0 Å². The average Bonchev–Trinajstić information content (AvgIpc) is 2.52. The molecular formula is C19H24N2O3. The van der Waals surface area contributed by atoms with E-state index in [9.17, 15) is 4.79 Å². The van der Waals surface area contributed by atoms with Crippen molar-refractivity contribution in [2.45, 2.75) is 39.5 Å². The Labute approximate surface area is 142 Å². The van der Waals surface area contributed by atoms with Gasteiger partial charge in [0.1, 0.15) is 18.0 Å². The lowest BCUT2D eigenvalue weighted by atomic mass is 10.2. The van der Waals surface area contributed by atoms with Crippen molar-refractivity contribution in [3.05, 3.63) is 59.7 Å². The molecule has 0 aromatic heterocycles. The lowest BCUT2D eigenvalue weighted by Gasteiger charge is -2.19. The molecule has 5 nitrogen and oxygen atoms in total. The zero-order chi connectivity index (χ0) is 17.6. The third-order valence-corrected chi connectivity index (χ3v) is 3.14. The van der Waals surface area contributed by atoms with Crippen LogP contribution in [0.3, 0.4) is 0 Å². The molecule has 0 saturated heterocycles. The van der Waals surface area contributed by atoms with Gasteiger partial charge >= 0.3 is 6.09 Å². The number of nitrogens with one attached hydrogen (secondary N) is 1. The Morgan fingerprint density at radius 3 is 2.17 bits per heavy atom. The number of benzene rings is 2. The highest BCUT2D eigenvalue weighted by molar-refractivity contribution is 5.67. The summed E-state index contributed by atoms with van der Waals surface area (Å²) in [5, 5.41) is 2.72. The van der Waals surface area contributed by atoms with Gasteiger partial charge < -0.3 is 20.5 Å². The third-order valence-electron chi connectivity index (χ3n) is 3.14. The monoisotopic (exact) mass is 328 g/mol. The summed E-state index contributed by atoms with van der Waals surface area (Å²) in [6.07, 6.45) is -0.425. The molecule has 3 N–H and O–H groups in total. The molecule has 2 aromatic carbocycles. The number of carbonyl (C=O) groups is 1. The Balaban J connectivity index is 1.80. The second-order valence-corrected chi connectivity index (χ2v) is 6.53. The molecule has 0 fully saturated rings. The number of ether oxygens (including phenoxy) is 2. The second-order valence-electron chi connectivity index (χ2n) is 6.53. The number of carbonyl (C=O) groups excluding carboxylic acids is 1. The van der Waals surface area contributed by atoms with Gasteiger partial charge in [-0.1, -0.05) is 24.3 Å². The quantitative estimate of drug-likeness (QED) is 0.817. The van der Waals surface area contributed by atoms with Gasteiger partial charge in [0, 0.05) is 12.2 Å². The van der Waals surface area contributed by atoms with Gasteiger partial charge in [-0.25, -0.2) is 4.79 Å². The largest absolute Gasteiger partial charge is 0.489 e. The van der Waals surface area contributed by atoms with Crippen LogP contribution < -0.4 is 15.8 Å². The van der Waals surface area contributed by atoms with E-state index < -0.39 is 11.7 Å². The summed E-state index contributed by atoms with van der Waals surface area (Å²) in [6.45, 7) is 6.39. The number of amides is 1. The summed E-state index contributed by atoms with van der Waals surface area (Å²) in [5.74, 6) is 0.771. The van der Waals surface area contributed by atoms with Crippen molar-refractivity contribution in [2.24, 2.45) is 0 Å². The molecule has 1 amide bonds. The highest BCUT2D eigenvalue weighted by Gasteiger charge is 2.15. The van der Waals surface area contributed by atoms with Crippen molar-refractivity contribution >= 4 is 11.8 Å². The van der Waals surface area contributed by atoms with Gasteiger partial charge in [0.2, 0.25) is 0 Å². The van der Waals surface area contributed by atoms with Crippen LogP contribution in [0.4, 0.5) is 10.5 Å². The highest BCUT2D eigenvalue weighted by atomic mass is 16.6. The Hall–Kier alpha value is -2.69. The summed E-state index contributed by atoms with van der Waals surface area (Å²) in [7, 11) is 0. The van der Waals surface area contributed by atoms with E-state index in [1.165, 1.54) is 0 Å². The molecule has 0 unspecified atom stereocenters. The zero-order valence-electron chi connectivity index (χ0n) is 14.3. The molecule has 24 heavy (non-hydrogen) atoms. The maximum absolute atomic E-state index is 11.6. The number of alkyl carbamates (subject to hydrolysis) is 1.